The van der Waals surface area contributed by atoms with Crippen molar-refractivity contribution in [1.29, 1.82) is 0 Å². The molecule has 491 valence electrons. The van der Waals surface area contributed by atoms with Gasteiger partial charge in [-0.05, 0) is 130 Å². The van der Waals surface area contributed by atoms with Crippen LogP contribution in [0.1, 0.15) is 66.3 Å². The first-order valence-electron chi connectivity index (χ1n) is 33.5. The molecule has 18 rings (SSSR count). The third-order valence-corrected chi connectivity index (χ3v) is 18.7. The third kappa shape index (κ3) is 12.2. The summed E-state index contributed by atoms with van der Waals surface area (Å²) < 4.78 is 0. The number of aromatic nitrogens is 8. The molecule has 12 nitrogen and oxygen atoms in total. The van der Waals surface area contributed by atoms with Crippen LogP contribution in [0.25, 0.3) is 182 Å². The molecule has 8 aromatic carbocycles. The molecule has 0 atom stereocenters. The van der Waals surface area contributed by atoms with E-state index in [1.165, 1.54) is 0 Å². The van der Waals surface area contributed by atoms with Gasteiger partial charge in [0.2, 0.25) is 0 Å². The maximum Gasteiger partial charge on any atom is 2.00 e. The van der Waals surface area contributed by atoms with E-state index in [-0.39, 0.29) is 27.9 Å². The standard InChI is InChI=1S/2C45H30N4O2.Co/c2*50-45(51)43-38-26-24-36(48-38)41(30-17-9-3-10-18-30)34-22-21-33(46-34)40(29-15-7-2-8-16-29)35-23-25-37(47-35)42(31-19-11-4-12-20-31)44-32(27-39(43)49-44)28-13-5-1-6-14-28;/h2*1-27,46,49H,(H,50,51);/q;;+2/p-2. The van der Waals surface area contributed by atoms with Crippen LogP contribution >= 0.6 is 0 Å². The Balaban J connectivity index is 0.000000158. The van der Waals surface area contributed by atoms with Gasteiger partial charge in [0.05, 0.1) is 79.6 Å². The maximum atomic E-state index is 13.1. The summed E-state index contributed by atoms with van der Waals surface area (Å²) in [6, 6.07) is 92.6. The minimum absolute atomic E-state index is 0. The molecule has 6 aromatic heterocycles. The fourth-order valence-corrected chi connectivity index (χ4v) is 14.1. The number of H-pyrrole nitrogens is 4. The average molecular weight is 1370 g/mol. The maximum absolute atomic E-state index is 13.1. The number of carbonyl (C=O) groups excluding carboxylic acids is 2. The summed E-state index contributed by atoms with van der Waals surface area (Å²) >= 11 is 0. The van der Waals surface area contributed by atoms with Crippen molar-refractivity contribution in [2.45, 2.75) is 0 Å². The number of carbonyl (C=O) groups is 2. The van der Waals surface area contributed by atoms with Crippen LogP contribution in [0.2, 0.25) is 0 Å². The van der Waals surface area contributed by atoms with Crippen LogP contribution in [0.3, 0.4) is 0 Å². The van der Waals surface area contributed by atoms with Crippen molar-refractivity contribution in [2.24, 2.45) is 0 Å². The number of nitrogens with one attached hydrogen (secondary N) is 4. The Labute approximate surface area is 602 Å². The Morgan fingerprint density at radius 1 is 0.233 bits per heavy atom. The molecule has 0 saturated carbocycles. The largest absolute Gasteiger partial charge is 2.00 e. The summed E-state index contributed by atoms with van der Waals surface area (Å²) in [6.07, 6.45) is 15.4. The van der Waals surface area contributed by atoms with E-state index in [4.69, 9.17) is 19.9 Å². The Hall–Kier alpha value is -13.6. The van der Waals surface area contributed by atoms with Gasteiger partial charge in [-0.1, -0.05) is 243 Å². The van der Waals surface area contributed by atoms with E-state index >= 15 is 0 Å². The van der Waals surface area contributed by atoms with Crippen molar-refractivity contribution in [3.8, 4) is 89.0 Å². The number of carboxylic acids is 2. The second-order valence-electron chi connectivity index (χ2n) is 24.9. The van der Waals surface area contributed by atoms with Crippen LogP contribution in [0.4, 0.5) is 0 Å². The van der Waals surface area contributed by atoms with Gasteiger partial charge in [-0.15, -0.1) is 0 Å². The molecule has 1 radical (unpaired) electrons. The van der Waals surface area contributed by atoms with Crippen molar-refractivity contribution in [3.05, 3.63) is 336 Å². The number of fused-ring (bicyclic) bond motifs is 16. The molecular weight excluding hydrogens is 1320 g/mol. The van der Waals surface area contributed by atoms with Gasteiger partial charge >= 0.3 is 16.8 Å². The van der Waals surface area contributed by atoms with Gasteiger partial charge in [0, 0.05) is 77.7 Å². The van der Waals surface area contributed by atoms with E-state index < -0.39 is 11.9 Å². The predicted octanol–water partition coefficient (Wildman–Crippen LogP) is 19.4. The predicted molar refractivity (Wildman–Crippen MR) is 410 cm³/mol. The number of aromatic carboxylic acids is 2. The molecular formula is C90H58CoN8O4. The Morgan fingerprint density at radius 2 is 0.437 bits per heavy atom. The van der Waals surface area contributed by atoms with Crippen LogP contribution in [0, 0.1) is 0 Å². The van der Waals surface area contributed by atoms with Crippen LogP contribution in [-0.2, 0) is 16.8 Å². The number of hydrogen-bond acceptors (Lipinski definition) is 8. The van der Waals surface area contributed by atoms with Crippen LogP contribution in [0.15, 0.2) is 279 Å². The molecule has 0 spiro atoms. The number of hydrogen-bond donors (Lipinski definition) is 4. The average Bonchev–Trinajstić information content (AvgIpc) is 1.61. The molecule has 4 aliphatic heterocycles. The normalized spacial score (nSPS) is 11.8. The van der Waals surface area contributed by atoms with Gasteiger partial charge in [-0.25, -0.2) is 19.9 Å². The number of carboxylic acid groups (broad SMARTS) is 2. The second kappa shape index (κ2) is 27.6. The third-order valence-electron chi connectivity index (χ3n) is 18.7. The quantitative estimate of drug-likeness (QED) is 0.104. The molecule has 4 N–H and O–H groups in total. The van der Waals surface area contributed by atoms with Crippen molar-refractivity contribution < 1.29 is 36.6 Å². The summed E-state index contributed by atoms with van der Waals surface area (Å²) in [7, 11) is 0. The molecule has 0 amide bonds. The molecule has 0 aliphatic carbocycles. The Kier molecular flexibility index (Phi) is 17.2. The fourth-order valence-electron chi connectivity index (χ4n) is 14.1. The number of nitrogens with zero attached hydrogens (tertiary/aromatic N) is 4. The zero-order valence-electron chi connectivity index (χ0n) is 54.9. The molecule has 16 bridgehead atoms. The van der Waals surface area contributed by atoms with E-state index in [1.807, 2.05) is 267 Å². The number of benzene rings is 8. The van der Waals surface area contributed by atoms with Gasteiger partial charge in [0.15, 0.2) is 0 Å². The fraction of sp³-hybridized carbons (Fsp3) is 0. The minimum atomic E-state index is -1.33. The zero-order chi connectivity index (χ0) is 68.6. The smallest absolute Gasteiger partial charge is 0.545 e. The van der Waals surface area contributed by atoms with E-state index in [1.54, 1.807) is 12.2 Å². The van der Waals surface area contributed by atoms with Gasteiger partial charge in [0.25, 0.3) is 0 Å². The summed E-state index contributed by atoms with van der Waals surface area (Å²) in [4.78, 5) is 61.2. The molecule has 10 heterocycles. The molecule has 0 fully saturated rings. The van der Waals surface area contributed by atoms with Crippen molar-refractivity contribution in [1.82, 2.24) is 39.9 Å². The van der Waals surface area contributed by atoms with Crippen molar-refractivity contribution >= 4 is 105 Å². The van der Waals surface area contributed by atoms with Crippen LogP contribution in [0.5, 0.6) is 0 Å². The molecule has 103 heavy (non-hydrogen) atoms. The molecule has 4 aliphatic rings. The second-order valence-corrected chi connectivity index (χ2v) is 24.9. The molecule has 0 saturated heterocycles. The minimum Gasteiger partial charge on any atom is -0.545 e. The SMILES string of the molecule is O=C([O-])c1c2nc(c(-c3ccccc3)c3ccc([nH]3)c(-c3ccccc3)c3nc(c(-c4ccccc4)c4[nH]c1cc4-c1ccccc1)C=C3)C=C2.O=C([O-])c1c2nc(c(-c3ccccc3)c3ccc([nH]3)c(-c3ccccc3)c3nc(c(-c4ccccc4)c4[nH]c1cc4-c1ccccc1)C=C3)C=C2.[Co+2]. The van der Waals surface area contributed by atoms with Crippen molar-refractivity contribution in [2.75, 3.05) is 0 Å². The van der Waals surface area contributed by atoms with Crippen LogP contribution < -0.4 is 10.2 Å². The molecule has 14 aromatic rings. The Morgan fingerprint density at radius 3 is 0.680 bits per heavy atom. The van der Waals surface area contributed by atoms with E-state index in [2.05, 4.69) is 68.5 Å². The zero-order valence-corrected chi connectivity index (χ0v) is 56.0. The van der Waals surface area contributed by atoms with Gasteiger partial charge < -0.3 is 39.7 Å². The summed E-state index contributed by atoms with van der Waals surface area (Å²) in [5.74, 6) is -2.65. The van der Waals surface area contributed by atoms with E-state index in [9.17, 15) is 19.8 Å². The summed E-state index contributed by atoms with van der Waals surface area (Å²) in [5, 5.41) is 26.2. The monoisotopic (exact) mass is 1370 g/mol. The Bertz CT molecular complexity index is 5770. The van der Waals surface area contributed by atoms with Crippen molar-refractivity contribution in [3.63, 3.8) is 0 Å². The summed E-state index contributed by atoms with van der Waals surface area (Å²) in [5.41, 5.74) is 25.2. The molecule has 13 heteroatoms. The topological polar surface area (TPSA) is 195 Å². The van der Waals surface area contributed by atoms with E-state index in [0.717, 1.165) is 145 Å². The summed E-state index contributed by atoms with van der Waals surface area (Å²) in [6.45, 7) is 0. The number of rotatable bonds is 10. The van der Waals surface area contributed by atoms with Gasteiger partial charge in [0.1, 0.15) is 0 Å². The van der Waals surface area contributed by atoms with Gasteiger partial charge in [-0.2, -0.15) is 0 Å². The van der Waals surface area contributed by atoms with Gasteiger partial charge in [-0.3, -0.25) is 0 Å². The first-order valence-corrected chi connectivity index (χ1v) is 33.5. The number of aromatic amines is 4. The first kappa shape index (κ1) is 64.1. The van der Waals surface area contributed by atoms with Crippen LogP contribution in [-0.4, -0.2) is 51.8 Å². The first-order chi connectivity index (χ1) is 50.2. The van der Waals surface area contributed by atoms with E-state index in [0.29, 0.717) is 33.8 Å². The molecule has 0 unspecified atom stereocenters.